The lowest BCUT2D eigenvalue weighted by Crippen LogP contribution is -2.42. The van der Waals surface area contributed by atoms with Crippen molar-refractivity contribution in [3.05, 3.63) is 40.4 Å². The Kier molecular flexibility index (Phi) is 4.28. The number of pyridine rings is 1. The molecule has 0 bridgehead atoms. The highest BCUT2D eigenvalue weighted by atomic mass is 35.5. The lowest BCUT2D eigenvalue weighted by Gasteiger charge is -2.39. The molecule has 8 heteroatoms. The van der Waals surface area contributed by atoms with Crippen LogP contribution in [-0.4, -0.2) is 40.3 Å². The number of fused-ring (bicyclic) bond motifs is 1. The Hall–Kier alpha value is -2.25. The maximum atomic E-state index is 6.27. The average Bonchev–Trinajstić information content (AvgIpc) is 3.07. The Morgan fingerprint density at radius 3 is 2.73 bits per heavy atom. The molecule has 0 atom stereocenters. The van der Waals surface area contributed by atoms with E-state index in [-0.39, 0.29) is 5.41 Å². The van der Waals surface area contributed by atoms with Crippen molar-refractivity contribution in [1.82, 2.24) is 15.0 Å². The second-order valence-corrected chi connectivity index (χ2v) is 7.69. The van der Waals surface area contributed by atoms with Crippen LogP contribution in [0.2, 0.25) is 5.02 Å². The molecule has 4 heterocycles. The van der Waals surface area contributed by atoms with E-state index in [0.717, 1.165) is 61.0 Å². The van der Waals surface area contributed by atoms with Gasteiger partial charge in [-0.1, -0.05) is 18.5 Å². The van der Waals surface area contributed by atoms with Crippen LogP contribution < -0.4 is 16.4 Å². The summed E-state index contributed by atoms with van der Waals surface area (Å²) in [4.78, 5) is 20.3. The fourth-order valence-electron chi connectivity index (χ4n) is 3.43. The highest BCUT2D eigenvalue weighted by Gasteiger charge is 2.30. The molecule has 26 heavy (non-hydrogen) atoms. The minimum Gasteiger partial charge on any atom is -0.384 e. The van der Waals surface area contributed by atoms with Gasteiger partial charge in [-0.05, 0) is 30.9 Å². The second-order valence-electron chi connectivity index (χ2n) is 7.28. The van der Waals surface area contributed by atoms with E-state index in [4.69, 9.17) is 28.1 Å². The van der Waals surface area contributed by atoms with Gasteiger partial charge in [-0.15, -0.1) is 0 Å². The molecule has 0 aliphatic carbocycles. The van der Waals surface area contributed by atoms with Crippen molar-refractivity contribution in [2.75, 3.05) is 30.3 Å². The van der Waals surface area contributed by atoms with Gasteiger partial charge in [-0.3, -0.25) is 4.99 Å². The van der Waals surface area contributed by atoms with Gasteiger partial charge in [0.05, 0.1) is 29.2 Å². The molecule has 7 nitrogen and oxygen atoms in total. The molecule has 1 saturated heterocycles. The summed E-state index contributed by atoms with van der Waals surface area (Å²) in [5.41, 5.74) is 15.0. The molecule has 0 unspecified atom stereocenters. The summed E-state index contributed by atoms with van der Waals surface area (Å²) < 4.78 is 0. The predicted octanol–water partition coefficient (Wildman–Crippen LogP) is 2.02. The lowest BCUT2D eigenvalue weighted by atomic mass is 9.80. The molecule has 4 N–H and O–H groups in total. The zero-order chi connectivity index (χ0) is 18.3. The summed E-state index contributed by atoms with van der Waals surface area (Å²) in [7, 11) is 0. The third-order valence-corrected chi connectivity index (χ3v) is 5.66. The molecule has 0 saturated carbocycles. The number of anilines is 2. The summed E-state index contributed by atoms with van der Waals surface area (Å²) in [6.45, 7) is 5.37. The first-order valence-electron chi connectivity index (χ1n) is 8.76. The van der Waals surface area contributed by atoms with Crippen molar-refractivity contribution in [1.29, 1.82) is 0 Å². The molecule has 2 aliphatic heterocycles. The number of hydrogen-bond donors (Lipinski definition) is 2. The van der Waals surface area contributed by atoms with E-state index >= 15 is 0 Å². The van der Waals surface area contributed by atoms with Gasteiger partial charge in [0.25, 0.3) is 0 Å². The first kappa shape index (κ1) is 17.2. The zero-order valence-corrected chi connectivity index (χ0v) is 15.5. The Balaban J connectivity index is 1.58. The van der Waals surface area contributed by atoms with Crippen molar-refractivity contribution in [3.63, 3.8) is 0 Å². The highest BCUT2D eigenvalue weighted by Crippen LogP contribution is 2.32. The fourth-order valence-corrected chi connectivity index (χ4v) is 3.63. The van der Waals surface area contributed by atoms with Crippen LogP contribution in [0.15, 0.2) is 23.5 Å². The van der Waals surface area contributed by atoms with E-state index in [1.54, 1.807) is 6.07 Å². The van der Waals surface area contributed by atoms with Crippen LogP contribution in [0.4, 0.5) is 11.6 Å². The smallest absolute Gasteiger partial charge is 0.147 e. The molecular formula is C18H22ClN7. The van der Waals surface area contributed by atoms with E-state index < -0.39 is 0 Å². The number of hydrogen-bond acceptors (Lipinski definition) is 7. The van der Waals surface area contributed by atoms with Gasteiger partial charge >= 0.3 is 0 Å². The summed E-state index contributed by atoms with van der Waals surface area (Å²) in [6, 6.07) is 1.73. The van der Waals surface area contributed by atoms with Crippen LogP contribution in [0.25, 0.3) is 0 Å². The van der Waals surface area contributed by atoms with E-state index in [9.17, 15) is 0 Å². The summed E-state index contributed by atoms with van der Waals surface area (Å²) in [6.07, 6.45) is 5.49. The van der Waals surface area contributed by atoms with Gasteiger partial charge in [-0.25, -0.2) is 15.0 Å². The molecule has 0 spiro atoms. The number of nitrogen functional groups attached to an aromatic ring is 1. The molecular weight excluding hydrogens is 350 g/mol. The number of aromatic nitrogens is 3. The Bertz CT molecular complexity index is 872. The standard InChI is InChI=1S/C18H22ClN7/c1-18(10-20)2-4-26(5-3-18)15-9-24-17-13(25-15)8-23-16(17)11-6-14(21)22-7-12(11)19/h6-7,9H,2-5,8,10,20H2,1H3,(H2,21,22). The zero-order valence-electron chi connectivity index (χ0n) is 14.7. The number of piperidine rings is 1. The fraction of sp³-hybridized carbons (Fsp3) is 0.444. The Labute approximate surface area is 157 Å². The van der Waals surface area contributed by atoms with Gasteiger partial charge in [-0.2, -0.15) is 0 Å². The first-order valence-corrected chi connectivity index (χ1v) is 9.14. The van der Waals surface area contributed by atoms with E-state index in [2.05, 4.69) is 26.8 Å². The molecule has 1 fully saturated rings. The molecule has 2 aromatic rings. The van der Waals surface area contributed by atoms with Gasteiger partial charge in [0, 0.05) is 24.8 Å². The molecule has 0 amide bonds. The van der Waals surface area contributed by atoms with E-state index in [0.29, 0.717) is 17.4 Å². The number of rotatable bonds is 3. The third-order valence-electron chi connectivity index (χ3n) is 5.36. The van der Waals surface area contributed by atoms with Crippen molar-refractivity contribution in [2.24, 2.45) is 16.1 Å². The molecule has 4 rings (SSSR count). The van der Waals surface area contributed by atoms with E-state index in [1.807, 2.05) is 6.20 Å². The average molecular weight is 372 g/mol. The van der Waals surface area contributed by atoms with Crippen LogP contribution in [0.3, 0.4) is 0 Å². The van der Waals surface area contributed by atoms with Gasteiger partial charge in [0.1, 0.15) is 17.3 Å². The molecule has 2 aliphatic rings. The second kappa shape index (κ2) is 6.48. The molecule has 0 radical (unpaired) electrons. The third kappa shape index (κ3) is 3.01. The van der Waals surface area contributed by atoms with Crippen LogP contribution in [-0.2, 0) is 6.54 Å². The molecule has 136 valence electrons. The largest absolute Gasteiger partial charge is 0.384 e. The summed E-state index contributed by atoms with van der Waals surface area (Å²) in [5, 5.41) is 0.508. The Morgan fingerprint density at radius 1 is 1.23 bits per heavy atom. The maximum absolute atomic E-state index is 6.27. The number of nitrogens with zero attached hydrogens (tertiary/aromatic N) is 5. The SMILES string of the molecule is CC1(CN)CCN(c2cnc3c(n2)CN=C3c2cc(N)ncc2Cl)CC1. The van der Waals surface area contributed by atoms with Crippen molar-refractivity contribution >= 4 is 28.9 Å². The minimum absolute atomic E-state index is 0.231. The van der Waals surface area contributed by atoms with Crippen molar-refractivity contribution in [2.45, 2.75) is 26.3 Å². The molecule has 0 aromatic carbocycles. The topological polar surface area (TPSA) is 106 Å². The van der Waals surface area contributed by atoms with Crippen molar-refractivity contribution < 1.29 is 0 Å². The summed E-state index contributed by atoms with van der Waals surface area (Å²) >= 11 is 6.27. The molecule has 2 aromatic heterocycles. The van der Waals surface area contributed by atoms with Crippen LogP contribution in [0.1, 0.15) is 36.7 Å². The normalized spacial score (nSPS) is 18.6. The van der Waals surface area contributed by atoms with E-state index in [1.165, 1.54) is 6.20 Å². The summed E-state index contributed by atoms with van der Waals surface area (Å²) in [5.74, 6) is 1.31. The lowest BCUT2D eigenvalue weighted by molar-refractivity contribution is 0.258. The van der Waals surface area contributed by atoms with Crippen molar-refractivity contribution in [3.8, 4) is 0 Å². The van der Waals surface area contributed by atoms with Gasteiger partial charge in [0.15, 0.2) is 0 Å². The quantitative estimate of drug-likeness (QED) is 0.854. The minimum atomic E-state index is 0.231. The predicted molar refractivity (Wildman–Crippen MR) is 104 cm³/mol. The van der Waals surface area contributed by atoms with Gasteiger partial charge in [0.2, 0.25) is 0 Å². The number of halogens is 1. The van der Waals surface area contributed by atoms with Crippen LogP contribution in [0, 0.1) is 5.41 Å². The Morgan fingerprint density at radius 2 is 2.00 bits per heavy atom. The van der Waals surface area contributed by atoms with Crippen LogP contribution >= 0.6 is 11.6 Å². The number of nitrogens with two attached hydrogens (primary N) is 2. The monoisotopic (exact) mass is 371 g/mol. The van der Waals surface area contributed by atoms with Gasteiger partial charge < -0.3 is 16.4 Å². The number of aliphatic imine (C=N–C) groups is 1. The van der Waals surface area contributed by atoms with Crippen LogP contribution in [0.5, 0.6) is 0 Å². The maximum Gasteiger partial charge on any atom is 0.147 e. The highest BCUT2D eigenvalue weighted by molar-refractivity contribution is 6.35. The first-order chi connectivity index (χ1) is 12.5.